The third kappa shape index (κ3) is 3.25. The molecule has 5 heteroatoms. The summed E-state index contributed by atoms with van der Waals surface area (Å²) >= 11 is 0. The molecule has 0 unspecified atom stereocenters. The summed E-state index contributed by atoms with van der Waals surface area (Å²) in [6, 6.07) is 15.5. The van der Waals surface area contributed by atoms with Gasteiger partial charge in [0.05, 0.1) is 12.0 Å². The maximum atomic E-state index is 12.5. The van der Waals surface area contributed by atoms with Crippen LogP contribution < -0.4 is 10.6 Å². The van der Waals surface area contributed by atoms with Gasteiger partial charge in [0, 0.05) is 12.0 Å². The molecule has 0 bridgehead atoms. The van der Waals surface area contributed by atoms with Crippen LogP contribution in [0.15, 0.2) is 48.5 Å². The van der Waals surface area contributed by atoms with E-state index in [1.54, 1.807) is 12.1 Å². The zero-order chi connectivity index (χ0) is 18.1. The first-order valence-electron chi connectivity index (χ1n) is 8.91. The van der Waals surface area contributed by atoms with Crippen LogP contribution in [0, 0.1) is 5.92 Å². The minimum absolute atomic E-state index is 0.0616. The Balaban J connectivity index is 1.40. The predicted octanol–water partition coefficient (Wildman–Crippen LogP) is 2.31. The minimum Gasteiger partial charge on any atom is -0.345 e. The van der Waals surface area contributed by atoms with Gasteiger partial charge in [0.2, 0.25) is 11.8 Å². The van der Waals surface area contributed by atoms with E-state index in [-0.39, 0.29) is 36.1 Å². The standard InChI is InChI=1S/C21H20N2O3/c24-19-12-16(21(26)23-19)11-13-5-7-15(8-6-13)20(25)22-18-10-9-14-3-1-2-4-17(14)18/h1-8,16,18H,9-12H2,(H,22,25)(H,23,24,26)/t16-,18-/m0/s1. The highest BCUT2D eigenvalue weighted by Gasteiger charge is 2.30. The summed E-state index contributed by atoms with van der Waals surface area (Å²) in [6.45, 7) is 0. The number of imide groups is 1. The van der Waals surface area contributed by atoms with Gasteiger partial charge >= 0.3 is 0 Å². The van der Waals surface area contributed by atoms with Crippen LogP contribution in [0.1, 0.15) is 45.9 Å². The van der Waals surface area contributed by atoms with Crippen molar-refractivity contribution in [1.29, 1.82) is 0 Å². The third-order valence-electron chi connectivity index (χ3n) is 5.20. The monoisotopic (exact) mass is 348 g/mol. The highest BCUT2D eigenvalue weighted by Crippen LogP contribution is 2.30. The van der Waals surface area contributed by atoms with Gasteiger partial charge in [0.25, 0.3) is 5.91 Å². The van der Waals surface area contributed by atoms with Gasteiger partial charge in [-0.05, 0) is 48.1 Å². The molecule has 1 heterocycles. The molecule has 2 N–H and O–H groups in total. The lowest BCUT2D eigenvalue weighted by Crippen LogP contribution is -2.27. The maximum Gasteiger partial charge on any atom is 0.251 e. The van der Waals surface area contributed by atoms with Crippen LogP contribution in [0.5, 0.6) is 0 Å². The van der Waals surface area contributed by atoms with Crippen LogP contribution >= 0.6 is 0 Å². The first-order chi connectivity index (χ1) is 12.6. The highest BCUT2D eigenvalue weighted by atomic mass is 16.2. The number of carbonyl (C=O) groups excluding carboxylic acids is 3. The number of hydrogen-bond donors (Lipinski definition) is 2. The molecule has 1 aliphatic carbocycles. The Labute approximate surface area is 151 Å². The van der Waals surface area contributed by atoms with E-state index < -0.39 is 0 Å². The van der Waals surface area contributed by atoms with Crippen LogP contribution in [0.25, 0.3) is 0 Å². The van der Waals surface area contributed by atoms with Crippen LogP contribution in [0.2, 0.25) is 0 Å². The molecule has 0 spiro atoms. The molecule has 2 atom stereocenters. The van der Waals surface area contributed by atoms with Crippen molar-refractivity contribution in [2.24, 2.45) is 5.92 Å². The van der Waals surface area contributed by atoms with E-state index >= 15 is 0 Å². The van der Waals surface area contributed by atoms with Crippen molar-refractivity contribution >= 4 is 17.7 Å². The average molecular weight is 348 g/mol. The van der Waals surface area contributed by atoms with Crippen LogP contribution in [0.3, 0.4) is 0 Å². The number of fused-ring (bicyclic) bond motifs is 1. The van der Waals surface area contributed by atoms with Crippen molar-refractivity contribution in [1.82, 2.24) is 10.6 Å². The van der Waals surface area contributed by atoms with Crippen LogP contribution in [-0.2, 0) is 22.4 Å². The van der Waals surface area contributed by atoms with E-state index in [0.29, 0.717) is 12.0 Å². The second-order valence-corrected chi connectivity index (χ2v) is 6.98. The number of rotatable bonds is 4. The molecule has 5 nitrogen and oxygen atoms in total. The molecule has 0 saturated carbocycles. The van der Waals surface area contributed by atoms with Crippen molar-refractivity contribution in [3.8, 4) is 0 Å². The number of carbonyl (C=O) groups is 3. The van der Waals surface area contributed by atoms with E-state index in [9.17, 15) is 14.4 Å². The summed E-state index contributed by atoms with van der Waals surface area (Å²) in [7, 11) is 0. The van der Waals surface area contributed by atoms with E-state index in [1.807, 2.05) is 24.3 Å². The van der Waals surface area contributed by atoms with Gasteiger partial charge in [-0.2, -0.15) is 0 Å². The SMILES string of the molecule is O=C1C[C@H](Cc2ccc(C(=O)N[C@H]3CCc4ccccc43)cc2)C(=O)N1. The summed E-state index contributed by atoms with van der Waals surface area (Å²) in [6.07, 6.45) is 2.66. The molecule has 2 aromatic rings. The number of nitrogens with one attached hydrogen (secondary N) is 2. The molecule has 0 radical (unpaired) electrons. The number of hydrogen-bond acceptors (Lipinski definition) is 3. The minimum atomic E-state index is -0.308. The summed E-state index contributed by atoms with van der Waals surface area (Å²) in [4.78, 5) is 35.5. The van der Waals surface area contributed by atoms with Gasteiger partial charge < -0.3 is 5.32 Å². The molecule has 1 fully saturated rings. The Morgan fingerprint density at radius 2 is 1.85 bits per heavy atom. The summed E-state index contributed by atoms with van der Waals surface area (Å²) in [5.41, 5.74) is 4.06. The maximum absolute atomic E-state index is 12.5. The molecule has 2 aromatic carbocycles. The molecular weight excluding hydrogens is 328 g/mol. The lowest BCUT2D eigenvalue weighted by atomic mass is 9.97. The summed E-state index contributed by atoms with van der Waals surface area (Å²) in [5, 5.41) is 5.43. The van der Waals surface area contributed by atoms with E-state index in [1.165, 1.54) is 11.1 Å². The second-order valence-electron chi connectivity index (χ2n) is 6.98. The Morgan fingerprint density at radius 3 is 2.58 bits per heavy atom. The predicted molar refractivity (Wildman–Crippen MR) is 96.4 cm³/mol. The molecule has 1 saturated heterocycles. The summed E-state index contributed by atoms with van der Waals surface area (Å²) in [5.74, 6) is -0.825. The zero-order valence-corrected chi connectivity index (χ0v) is 14.3. The van der Waals surface area contributed by atoms with Crippen molar-refractivity contribution in [3.63, 3.8) is 0 Å². The average Bonchev–Trinajstić information content (AvgIpc) is 3.18. The van der Waals surface area contributed by atoms with Gasteiger partial charge in [0.1, 0.15) is 0 Å². The van der Waals surface area contributed by atoms with Gasteiger partial charge in [-0.3, -0.25) is 19.7 Å². The van der Waals surface area contributed by atoms with Crippen molar-refractivity contribution in [2.75, 3.05) is 0 Å². The second kappa shape index (κ2) is 6.75. The fourth-order valence-electron chi connectivity index (χ4n) is 3.80. The first kappa shape index (κ1) is 16.5. The quantitative estimate of drug-likeness (QED) is 0.833. The molecule has 132 valence electrons. The fraction of sp³-hybridized carbons (Fsp3) is 0.286. The summed E-state index contributed by atoms with van der Waals surface area (Å²) < 4.78 is 0. The highest BCUT2D eigenvalue weighted by molar-refractivity contribution is 6.03. The lowest BCUT2D eigenvalue weighted by Gasteiger charge is -2.14. The largest absolute Gasteiger partial charge is 0.345 e. The van der Waals surface area contributed by atoms with Crippen LogP contribution in [0.4, 0.5) is 0 Å². The number of amides is 3. The normalized spacial score (nSPS) is 21.4. The Bertz CT molecular complexity index is 873. The molecule has 4 rings (SSSR count). The van der Waals surface area contributed by atoms with Crippen molar-refractivity contribution < 1.29 is 14.4 Å². The smallest absolute Gasteiger partial charge is 0.251 e. The molecule has 1 aliphatic heterocycles. The van der Waals surface area contributed by atoms with Gasteiger partial charge in [-0.1, -0.05) is 36.4 Å². The first-order valence-corrected chi connectivity index (χ1v) is 8.91. The number of benzene rings is 2. The Morgan fingerprint density at radius 1 is 1.08 bits per heavy atom. The van der Waals surface area contributed by atoms with Gasteiger partial charge in [-0.15, -0.1) is 0 Å². The fourth-order valence-corrected chi connectivity index (χ4v) is 3.80. The molecular formula is C21H20N2O3. The van der Waals surface area contributed by atoms with Gasteiger partial charge in [-0.25, -0.2) is 0 Å². The molecule has 2 aliphatic rings. The van der Waals surface area contributed by atoms with Crippen molar-refractivity contribution in [2.45, 2.75) is 31.7 Å². The van der Waals surface area contributed by atoms with E-state index in [0.717, 1.165) is 18.4 Å². The van der Waals surface area contributed by atoms with E-state index in [4.69, 9.17) is 0 Å². The topological polar surface area (TPSA) is 75.3 Å². The van der Waals surface area contributed by atoms with E-state index in [2.05, 4.69) is 22.8 Å². The third-order valence-corrected chi connectivity index (χ3v) is 5.20. The van der Waals surface area contributed by atoms with Gasteiger partial charge in [0.15, 0.2) is 0 Å². The van der Waals surface area contributed by atoms with Crippen molar-refractivity contribution in [3.05, 3.63) is 70.8 Å². The Kier molecular flexibility index (Phi) is 4.29. The molecule has 0 aromatic heterocycles. The zero-order valence-electron chi connectivity index (χ0n) is 14.3. The molecule has 26 heavy (non-hydrogen) atoms. The van der Waals surface area contributed by atoms with Crippen LogP contribution in [-0.4, -0.2) is 17.7 Å². The lowest BCUT2D eigenvalue weighted by molar-refractivity contribution is -0.125. The molecule has 3 amide bonds. The number of aryl methyl sites for hydroxylation is 1. The Hall–Kier alpha value is -2.95.